The standard InChI is InChI=1S/C20H25N5O2/c1-5-7-14(3)15-9-10-24(17(15)8-6-2)20(26)23-16-11-19-21-13-22-25(19)12-18(16)27-4/h5,7-8,11-13H,6,9-10H2,1-4H3,(H,23,26)/b7-5-,15-14-,17-8+. The van der Waals surface area contributed by atoms with Gasteiger partial charge in [0.2, 0.25) is 0 Å². The lowest BCUT2D eigenvalue weighted by molar-refractivity contribution is 0.229. The van der Waals surface area contributed by atoms with Crippen molar-refractivity contribution in [2.45, 2.75) is 33.6 Å². The summed E-state index contributed by atoms with van der Waals surface area (Å²) in [6.07, 6.45) is 11.1. The average molecular weight is 367 g/mol. The van der Waals surface area contributed by atoms with Gasteiger partial charge in [-0.1, -0.05) is 25.2 Å². The summed E-state index contributed by atoms with van der Waals surface area (Å²) in [7, 11) is 1.56. The van der Waals surface area contributed by atoms with Crippen LogP contribution < -0.4 is 10.1 Å². The first-order valence-corrected chi connectivity index (χ1v) is 9.07. The van der Waals surface area contributed by atoms with Crippen LogP contribution in [-0.4, -0.2) is 39.2 Å². The number of hydrogen-bond acceptors (Lipinski definition) is 4. The Morgan fingerprint density at radius 1 is 1.44 bits per heavy atom. The molecule has 142 valence electrons. The van der Waals surface area contributed by atoms with E-state index in [1.165, 1.54) is 17.5 Å². The average Bonchev–Trinajstić information content (AvgIpc) is 3.28. The van der Waals surface area contributed by atoms with E-state index in [0.29, 0.717) is 23.6 Å². The molecule has 2 aromatic heterocycles. The smallest absolute Gasteiger partial charge is 0.326 e. The number of ether oxygens (including phenoxy) is 1. The molecule has 0 spiro atoms. The van der Waals surface area contributed by atoms with Crippen molar-refractivity contribution in [1.29, 1.82) is 0 Å². The molecule has 0 unspecified atom stereocenters. The minimum absolute atomic E-state index is 0.180. The van der Waals surface area contributed by atoms with Gasteiger partial charge in [0.1, 0.15) is 6.33 Å². The highest BCUT2D eigenvalue weighted by Gasteiger charge is 2.28. The van der Waals surface area contributed by atoms with Crippen molar-refractivity contribution < 1.29 is 9.53 Å². The van der Waals surface area contributed by atoms with Gasteiger partial charge in [-0.3, -0.25) is 4.90 Å². The van der Waals surface area contributed by atoms with Crippen molar-refractivity contribution in [3.63, 3.8) is 0 Å². The second-order valence-electron chi connectivity index (χ2n) is 6.31. The molecule has 27 heavy (non-hydrogen) atoms. The Bertz CT molecular complexity index is 939. The van der Waals surface area contributed by atoms with Gasteiger partial charge in [-0.15, -0.1) is 0 Å². The Kier molecular flexibility index (Phi) is 5.59. The van der Waals surface area contributed by atoms with Gasteiger partial charge in [0.25, 0.3) is 0 Å². The number of rotatable bonds is 4. The molecule has 1 N–H and O–H groups in total. The van der Waals surface area contributed by atoms with E-state index in [9.17, 15) is 4.79 Å². The van der Waals surface area contributed by atoms with Crippen LogP contribution in [0.25, 0.3) is 5.65 Å². The lowest BCUT2D eigenvalue weighted by Gasteiger charge is -2.20. The molecular formula is C20H25N5O2. The number of amides is 2. The van der Waals surface area contributed by atoms with Crippen LogP contribution in [0.1, 0.15) is 33.6 Å². The van der Waals surface area contributed by atoms with Gasteiger partial charge in [-0.2, -0.15) is 5.10 Å². The molecule has 2 amide bonds. The summed E-state index contributed by atoms with van der Waals surface area (Å²) >= 11 is 0. The molecule has 1 saturated heterocycles. The molecule has 0 atom stereocenters. The van der Waals surface area contributed by atoms with Crippen molar-refractivity contribution in [3.8, 4) is 5.75 Å². The number of urea groups is 1. The summed E-state index contributed by atoms with van der Waals surface area (Å²) in [5.41, 5.74) is 4.59. The van der Waals surface area contributed by atoms with E-state index in [4.69, 9.17) is 4.74 Å². The van der Waals surface area contributed by atoms with Gasteiger partial charge >= 0.3 is 6.03 Å². The third kappa shape index (κ3) is 3.72. The number of anilines is 1. The Morgan fingerprint density at radius 3 is 2.96 bits per heavy atom. The molecule has 1 aliphatic rings. The number of aromatic nitrogens is 3. The van der Waals surface area contributed by atoms with Crippen LogP contribution in [0.2, 0.25) is 0 Å². The number of likely N-dealkylation sites (tertiary alicyclic amines) is 1. The largest absolute Gasteiger partial charge is 0.493 e. The number of carbonyl (C=O) groups is 1. The van der Waals surface area contributed by atoms with Gasteiger partial charge in [0, 0.05) is 18.3 Å². The summed E-state index contributed by atoms with van der Waals surface area (Å²) in [6, 6.07) is 1.57. The number of nitrogens with zero attached hydrogens (tertiary/aromatic N) is 4. The predicted octanol–water partition coefficient (Wildman–Crippen LogP) is 4.16. The Hall–Kier alpha value is -3.09. The van der Waals surface area contributed by atoms with Crippen molar-refractivity contribution in [1.82, 2.24) is 19.5 Å². The third-order valence-corrected chi connectivity index (χ3v) is 4.56. The van der Waals surface area contributed by atoms with E-state index >= 15 is 0 Å². The zero-order valence-electron chi connectivity index (χ0n) is 16.2. The van der Waals surface area contributed by atoms with Gasteiger partial charge in [0.05, 0.1) is 19.0 Å². The first kappa shape index (κ1) is 18.7. The number of nitrogens with one attached hydrogen (secondary N) is 1. The zero-order valence-corrected chi connectivity index (χ0v) is 16.2. The Labute approximate surface area is 159 Å². The maximum Gasteiger partial charge on any atom is 0.326 e. The highest BCUT2D eigenvalue weighted by atomic mass is 16.5. The molecule has 0 saturated carbocycles. The molecule has 7 nitrogen and oxygen atoms in total. The lowest BCUT2D eigenvalue weighted by atomic mass is 10.0. The van der Waals surface area contributed by atoms with E-state index in [0.717, 1.165) is 18.5 Å². The predicted molar refractivity (Wildman–Crippen MR) is 106 cm³/mol. The molecular weight excluding hydrogens is 342 g/mol. The van der Waals surface area contributed by atoms with Crippen molar-refractivity contribution in [2.75, 3.05) is 19.0 Å². The molecule has 0 bridgehead atoms. The molecule has 0 radical (unpaired) electrons. The third-order valence-electron chi connectivity index (χ3n) is 4.56. The van der Waals surface area contributed by atoms with E-state index in [-0.39, 0.29) is 6.03 Å². The monoisotopic (exact) mass is 367 g/mol. The van der Waals surface area contributed by atoms with E-state index < -0.39 is 0 Å². The Balaban J connectivity index is 1.90. The maximum absolute atomic E-state index is 13.0. The Morgan fingerprint density at radius 2 is 2.26 bits per heavy atom. The normalized spacial score (nSPS) is 17.9. The van der Waals surface area contributed by atoms with Crippen LogP contribution in [0.5, 0.6) is 5.75 Å². The van der Waals surface area contributed by atoms with E-state index in [1.54, 1.807) is 28.8 Å². The fraction of sp³-hybridized carbons (Fsp3) is 0.350. The number of carbonyl (C=O) groups excluding carboxylic acids is 1. The summed E-state index contributed by atoms with van der Waals surface area (Å²) in [5.74, 6) is 0.530. The number of allylic oxidation sites excluding steroid dienone is 5. The molecule has 3 rings (SSSR count). The van der Waals surface area contributed by atoms with Crippen LogP contribution in [0, 0.1) is 0 Å². The number of hydrogen-bond donors (Lipinski definition) is 1. The quantitative estimate of drug-likeness (QED) is 0.881. The lowest BCUT2D eigenvalue weighted by Crippen LogP contribution is -2.31. The SMILES string of the molecule is C\C=C/C(C)=C1/CCN(C(=O)Nc2cc3ncnn3cc2OC)/C1=C/CC. The van der Waals surface area contributed by atoms with E-state index in [1.807, 2.05) is 13.0 Å². The first-order chi connectivity index (χ1) is 13.1. The summed E-state index contributed by atoms with van der Waals surface area (Å²) in [4.78, 5) is 19.0. The van der Waals surface area contributed by atoms with Crippen molar-refractivity contribution in [3.05, 3.63) is 53.7 Å². The van der Waals surface area contributed by atoms with Crippen LogP contribution >= 0.6 is 0 Å². The molecule has 7 heteroatoms. The molecule has 1 aliphatic heterocycles. The fourth-order valence-electron chi connectivity index (χ4n) is 3.31. The van der Waals surface area contributed by atoms with Crippen LogP contribution in [-0.2, 0) is 0 Å². The van der Waals surface area contributed by atoms with Crippen LogP contribution in [0.3, 0.4) is 0 Å². The van der Waals surface area contributed by atoms with Crippen LogP contribution in [0.15, 0.2) is 53.7 Å². The van der Waals surface area contributed by atoms with Gasteiger partial charge in [0.15, 0.2) is 11.4 Å². The summed E-state index contributed by atoms with van der Waals surface area (Å²) < 4.78 is 7.00. The molecule has 2 aromatic rings. The minimum Gasteiger partial charge on any atom is -0.493 e. The molecule has 3 heterocycles. The molecule has 0 aromatic carbocycles. The number of fused-ring (bicyclic) bond motifs is 1. The molecule has 0 aliphatic carbocycles. The summed E-state index contributed by atoms with van der Waals surface area (Å²) in [5, 5.41) is 7.05. The van der Waals surface area contributed by atoms with Gasteiger partial charge in [-0.25, -0.2) is 14.3 Å². The van der Waals surface area contributed by atoms with Crippen molar-refractivity contribution in [2.24, 2.45) is 0 Å². The second kappa shape index (κ2) is 8.07. The molecule has 1 fully saturated rings. The van der Waals surface area contributed by atoms with Crippen molar-refractivity contribution >= 4 is 17.4 Å². The maximum atomic E-state index is 13.0. The number of pyridine rings is 1. The first-order valence-electron chi connectivity index (χ1n) is 9.07. The second-order valence-corrected chi connectivity index (χ2v) is 6.31. The van der Waals surface area contributed by atoms with Crippen LogP contribution in [0.4, 0.5) is 10.5 Å². The minimum atomic E-state index is -0.180. The summed E-state index contributed by atoms with van der Waals surface area (Å²) in [6.45, 7) is 6.81. The van der Waals surface area contributed by atoms with E-state index in [2.05, 4.69) is 41.4 Å². The fourth-order valence-corrected chi connectivity index (χ4v) is 3.31. The van der Waals surface area contributed by atoms with Gasteiger partial charge in [-0.05, 0) is 37.8 Å². The topological polar surface area (TPSA) is 71.8 Å². The van der Waals surface area contributed by atoms with Gasteiger partial charge < -0.3 is 10.1 Å². The zero-order chi connectivity index (χ0) is 19.4. The number of methoxy groups -OCH3 is 1. The highest BCUT2D eigenvalue weighted by Crippen LogP contribution is 2.32. The highest BCUT2D eigenvalue weighted by molar-refractivity contribution is 5.93.